The standard InChI is InChI=1S/C20H21N5O3/c1-3-16-19(26)22-10-11-24(16)20(27)15-12-23-25-17(8-9-21-18(15)25)13-4-6-14(28-2)7-5-13/h4-9,12,16H,3,10-11H2,1-2H3,(H,22,26)/t16-/m0/s1. The lowest BCUT2D eigenvalue weighted by atomic mass is 10.1. The van der Waals surface area contributed by atoms with Gasteiger partial charge >= 0.3 is 0 Å². The van der Waals surface area contributed by atoms with E-state index in [0.29, 0.717) is 30.7 Å². The summed E-state index contributed by atoms with van der Waals surface area (Å²) in [6.07, 6.45) is 3.74. The van der Waals surface area contributed by atoms with E-state index in [2.05, 4.69) is 15.4 Å². The highest BCUT2D eigenvalue weighted by Gasteiger charge is 2.33. The Morgan fingerprint density at radius 3 is 2.79 bits per heavy atom. The number of amides is 2. The SMILES string of the molecule is CC[C@H]1C(=O)NCCN1C(=O)c1cnn2c(-c3ccc(OC)cc3)ccnc12. The van der Waals surface area contributed by atoms with Crippen LogP contribution in [0.5, 0.6) is 5.75 Å². The van der Waals surface area contributed by atoms with E-state index in [1.807, 2.05) is 37.3 Å². The molecular weight excluding hydrogens is 358 g/mol. The molecule has 0 saturated carbocycles. The van der Waals surface area contributed by atoms with Crippen LogP contribution in [-0.2, 0) is 4.79 Å². The number of carbonyl (C=O) groups is 2. The summed E-state index contributed by atoms with van der Waals surface area (Å²) in [5.41, 5.74) is 2.61. The van der Waals surface area contributed by atoms with Crippen LogP contribution in [0, 0.1) is 0 Å². The maximum atomic E-state index is 13.2. The molecule has 1 saturated heterocycles. The maximum absolute atomic E-state index is 13.2. The fourth-order valence-corrected chi connectivity index (χ4v) is 3.54. The van der Waals surface area contributed by atoms with Gasteiger partial charge in [-0.25, -0.2) is 9.50 Å². The third-order valence-corrected chi connectivity index (χ3v) is 5.00. The van der Waals surface area contributed by atoms with Gasteiger partial charge in [0.2, 0.25) is 5.91 Å². The van der Waals surface area contributed by atoms with E-state index in [9.17, 15) is 9.59 Å². The first-order chi connectivity index (χ1) is 13.6. The molecule has 0 aliphatic carbocycles. The number of nitrogens with one attached hydrogen (secondary N) is 1. The van der Waals surface area contributed by atoms with Gasteiger partial charge in [0.25, 0.3) is 5.91 Å². The molecule has 3 heterocycles. The summed E-state index contributed by atoms with van der Waals surface area (Å²) in [4.78, 5) is 31.3. The van der Waals surface area contributed by atoms with Crippen LogP contribution in [0.25, 0.3) is 16.9 Å². The number of hydrogen-bond donors (Lipinski definition) is 1. The third kappa shape index (κ3) is 2.96. The lowest BCUT2D eigenvalue weighted by Crippen LogP contribution is -2.56. The van der Waals surface area contributed by atoms with Crippen molar-refractivity contribution >= 4 is 17.5 Å². The van der Waals surface area contributed by atoms with E-state index in [1.165, 1.54) is 6.20 Å². The molecule has 0 radical (unpaired) electrons. The highest BCUT2D eigenvalue weighted by molar-refractivity contribution is 6.02. The number of aromatic nitrogens is 3. The van der Waals surface area contributed by atoms with E-state index >= 15 is 0 Å². The molecule has 0 spiro atoms. The Bertz CT molecular complexity index is 1030. The molecule has 2 amide bonds. The van der Waals surface area contributed by atoms with E-state index in [1.54, 1.807) is 22.7 Å². The summed E-state index contributed by atoms with van der Waals surface area (Å²) >= 11 is 0. The molecule has 1 aliphatic heterocycles. The van der Waals surface area contributed by atoms with Crippen molar-refractivity contribution in [2.45, 2.75) is 19.4 Å². The zero-order valence-electron chi connectivity index (χ0n) is 15.8. The van der Waals surface area contributed by atoms with Crippen molar-refractivity contribution in [1.82, 2.24) is 24.8 Å². The molecule has 144 valence electrons. The van der Waals surface area contributed by atoms with Crippen molar-refractivity contribution in [3.8, 4) is 17.0 Å². The summed E-state index contributed by atoms with van der Waals surface area (Å²) in [6.45, 7) is 2.81. The van der Waals surface area contributed by atoms with Crippen molar-refractivity contribution in [1.29, 1.82) is 0 Å². The van der Waals surface area contributed by atoms with E-state index in [4.69, 9.17) is 4.74 Å². The Balaban J connectivity index is 1.73. The minimum Gasteiger partial charge on any atom is -0.497 e. The predicted octanol–water partition coefficient (Wildman–Crippen LogP) is 1.76. The number of hydrogen-bond acceptors (Lipinski definition) is 5. The molecule has 1 aliphatic rings. The number of benzene rings is 1. The fourth-order valence-electron chi connectivity index (χ4n) is 3.54. The molecule has 2 aromatic heterocycles. The van der Waals surface area contributed by atoms with Gasteiger partial charge in [-0.05, 0) is 36.8 Å². The minimum absolute atomic E-state index is 0.120. The van der Waals surface area contributed by atoms with E-state index < -0.39 is 6.04 Å². The number of rotatable bonds is 4. The number of carbonyl (C=O) groups excluding carboxylic acids is 2. The Kier molecular flexibility index (Phi) is 4.68. The average Bonchev–Trinajstić information content (AvgIpc) is 3.17. The minimum atomic E-state index is -0.471. The van der Waals surface area contributed by atoms with Gasteiger partial charge in [-0.3, -0.25) is 9.59 Å². The summed E-state index contributed by atoms with van der Waals surface area (Å²) in [6, 6.07) is 8.97. The molecule has 1 N–H and O–H groups in total. The molecule has 8 nitrogen and oxygen atoms in total. The van der Waals surface area contributed by atoms with Crippen LogP contribution in [0.4, 0.5) is 0 Å². The zero-order chi connectivity index (χ0) is 19.7. The Labute approximate surface area is 162 Å². The number of ether oxygens (including phenoxy) is 1. The van der Waals surface area contributed by atoms with Gasteiger partial charge in [0.1, 0.15) is 17.4 Å². The smallest absolute Gasteiger partial charge is 0.260 e. The van der Waals surface area contributed by atoms with Crippen LogP contribution in [0.2, 0.25) is 0 Å². The molecule has 0 unspecified atom stereocenters. The number of nitrogens with zero attached hydrogens (tertiary/aromatic N) is 4. The molecule has 8 heteroatoms. The third-order valence-electron chi connectivity index (χ3n) is 5.00. The fraction of sp³-hybridized carbons (Fsp3) is 0.300. The lowest BCUT2D eigenvalue weighted by Gasteiger charge is -2.34. The largest absolute Gasteiger partial charge is 0.497 e. The van der Waals surface area contributed by atoms with Crippen LogP contribution < -0.4 is 10.1 Å². The van der Waals surface area contributed by atoms with Gasteiger partial charge < -0.3 is 15.0 Å². The van der Waals surface area contributed by atoms with Crippen molar-refractivity contribution in [3.63, 3.8) is 0 Å². The summed E-state index contributed by atoms with van der Waals surface area (Å²) < 4.78 is 6.86. The zero-order valence-corrected chi connectivity index (χ0v) is 15.8. The van der Waals surface area contributed by atoms with Crippen molar-refractivity contribution in [3.05, 3.63) is 48.3 Å². The van der Waals surface area contributed by atoms with Crippen LogP contribution >= 0.6 is 0 Å². The number of fused-ring (bicyclic) bond motifs is 1. The second-order valence-corrected chi connectivity index (χ2v) is 6.57. The first-order valence-corrected chi connectivity index (χ1v) is 9.20. The summed E-state index contributed by atoms with van der Waals surface area (Å²) in [7, 11) is 1.62. The van der Waals surface area contributed by atoms with Gasteiger partial charge in [0.05, 0.1) is 19.0 Å². The Morgan fingerprint density at radius 2 is 2.07 bits per heavy atom. The average molecular weight is 379 g/mol. The van der Waals surface area contributed by atoms with Gasteiger partial charge in [0.15, 0.2) is 5.65 Å². The van der Waals surface area contributed by atoms with Gasteiger partial charge in [-0.1, -0.05) is 6.92 Å². The Hall–Kier alpha value is -3.42. The summed E-state index contributed by atoms with van der Waals surface area (Å²) in [5, 5.41) is 7.21. The number of methoxy groups -OCH3 is 1. The Morgan fingerprint density at radius 1 is 1.29 bits per heavy atom. The van der Waals surface area contributed by atoms with Crippen LogP contribution in [-0.4, -0.2) is 57.6 Å². The molecular formula is C20H21N5O3. The monoisotopic (exact) mass is 379 g/mol. The summed E-state index contributed by atoms with van der Waals surface area (Å²) in [5.74, 6) is 0.418. The quantitative estimate of drug-likeness (QED) is 0.746. The van der Waals surface area contributed by atoms with E-state index in [0.717, 1.165) is 17.0 Å². The molecule has 0 bridgehead atoms. The van der Waals surface area contributed by atoms with Crippen molar-refractivity contribution < 1.29 is 14.3 Å². The van der Waals surface area contributed by atoms with Crippen molar-refractivity contribution in [2.75, 3.05) is 20.2 Å². The molecule has 4 rings (SSSR count). The lowest BCUT2D eigenvalue weighted by molar-refractivity contribution is -0.127. The molecule has 1 fully saturated rings. The molecule has 3 aromatic rings. The van der Waals surface area contributed by atoms with Crippen LogP contribution in [0.15, 0.2) is 42.7 Å². The highest BCUT2D eigenvalue weighted by Crippen LogP contribution is 2.24. The van der Waals surface area contributed by atoms with Crippen LogP contribution in [0.3, 0.4) is 0 Å². The second kappa shape index (κ2) is 7.30. The van der Waals surface area contributed by atoms with Crippen molar-refractivity contribution in [2.24, 2.45) is 0 Å². The first kappa shape index (κ1) is 18.0. The van der Waals surface area contributed by atoms with Crippen LogP contribution in [0.1, 0.15) is 23.7 Å². The first-order valence-electron chi connectivity index (χ1n) is 9.20. The van der Waals surface area contributed by atoms with E-state index in [-0.39, 0.29) is 11.8 Å². The number of piperazine rings is 1. The molecule has 1 aromatic carbocycles. The van der Waals surface area contributed by atoms with Gasteiger partial charge in [-0.2, -0.15) is 5.10 Å². The van der Waals surface area contributed by atoms with Gasteiger partial charge in [0, 0.05) is 24.8 Å². The topological polar surface area (TPSA) is 88.8 Å². The normalized spacial score (nSPS) is 16.9. The second-order valence-electron chi connectivity index (χ2n) is 6.57. The predicted molar refractivity (Wildman–Crippen MR) is 103 cm³/mol. The maximum Gasteiger partial charge on any atom is 0.260 e. The molecule has 1 atom stereocenters. The highest BCUT2D eigenvalue weighted by atomic mass is 16.5. The molecule has 28 heavy (non-hydrogen) atoms. The van der Waals surface area contributed by atoms with Gasteiger partial charge in [-0.15, -0.1) is 0 Å².